The topological polar surface area (TPSA) is 98.5 Å². The number of nitrogens with zero attached hydrogens (tertiary/aromatic N) is 1. The summed E-state index contributed by atoms with van der Waals surface area (Å²) in [6.45, 7) is 2.82. The van der Waals surface area contributed by atoms with Gasteiger partial charge in [-0.3, -0.25) is 14.9 Å². The van der Waals surface area contributed by atoms with E-state index < -0.39 is 23.4 Å². The van der Waals surface area contributed by atoms with Crippen molar-refractivity contribution in [1.82, 2.24) is 5.32 Å². The van der Waals surface area contributed by atoms with Gasteiger partial charge in [-0.25, -0.2) is 4.79 Å². The SMILES string of the molecule is Cc1ccc(C(=O)OCC(=O)N[C@@H](C)c2ccccc2Cl)cc1[N+](=O)[O-]. The molecule has 1 N–H and O–H groups in total. The minimum absolute atomic E-state index is 0.00857. The van der Waals surface area contributed by atoms with Gasteiger partial charge in [0.1, 0.15) is 0 Å². The zero-order valence-corrected chi connectivity index (χ0v) is 14.9. The third-order valence-electron chi connectivity index (χ3n) is 3.73. The predicted octanol–water partition coefficient (Wildman–Crippen LogP) is 3.59. The van der Waals surface area contributed by atoms with Gasteiger partial charge in [-0.1, -0.05) is 35.9 Å². The number of amides is 1. The van der Waals surface area contributed by atoms with Crippen LogP contribution in [0.2, 0.25) is 5.02 Å². The number of hydrogen-bond acceptors (Lipinski definition) is 5. The summed E-state index contributed by atoms with van der Waals surface area (Å²) in [4.78, 5) is 34.3. The molecular weight excluding hydrogens is 360 g/mol. The maximum Gasteiger partial charge on any atom is 0.338 e. The van der Waals surface area contributed by atoms with Crippen LogP contribution in [0.15, 0.2) is 42.5 Å². The van der Waals surface area contributed by atoms with E-state index in [1.54, 1.807) is 38.1 Å². The Kier molecular flexibility index (Phi) is 6.30. The van der Waals surface area contributed by atoms with Crippen LogP contribution in [0, 0.1) is 17.0 Å². The van der Waals surface area contributed by atoms with Crippen LogP contribution < -0.4 is 5.32 Å². The first-order chi connectivity index (χ1) is 12.3. The third-order valence-corrected chi connectivity index (χ3v) is 4.07. The van der Waals surface area contributed by atoms with Gasteiger partial charge in [-0.2, -0.15) is 0 Å². The first kappa shape index (κ1) is 19.4. The average molecular weight is 377 g/mol. The first-order valence-electron chi connectivity index (χ1n) is 7.75. The van der Waals surface area contributed by atoms with Crippen molar-refractivity contribution in [3.63, 3.8) is 0 Å². The van der Waals surface area contributed by atoms with Gasteiger partial charge in [-0.15, -0.1) is 0 Å². The molecule has 0 spiro atoms. The van der Waals surface area contributed by atoms with Crippen LogP contribution in [0.25, 0.3) is 0 Å². The number of nitro groups is 1. The van der Waals surface area contributed by atoms with E-state index in [1.165, 1.54) is 12.1 Å². The van der Waals surface area contributed by atoms with E-state index in [-0.39, 0.29) is 17.3 Å². The molecule has 7 nitrogen and oxygen atoms in total. The Hall–Kier alpha value is -2.93. The van der Waals surface area contributed by atoms with Crippen LogP contribution >= 0.6 is 11.6 Å². The van der Waals surface area contributed by atoms with Crippen molar-refractivity contribution < 1.29 is 19.2 Å². The second-order valence-electron chi connectivity index (χ2n) is 5.65. The molecule has 2 rings (SSSR count). The number of nitro benzene ring substituents is 1. The third kappa shape index (κ3) is 4.80. The molecule has 0 saturated heterocycles. The zero-order valence-electron chi connectivity index (χ0n) is 14.2. The molecule has 0 aliphatic rings. The molecule has 0 fully saturated rings. The van der Waals surface area contributed by atoms with Gasteiger partial charge in [0, 0.05) is 16.7 Å². The molecule has 0 unspecified atom stereocenters. The van der Waals surface area contributed by atoms with Gasteiger partial charge < -0.3 is 10.1 Å². The Morgan fingerprint density at radius 2 is 1.96 bits per heavy atom. The molecule has 26 heavy (non-hydrogen) atoms. The van der Waals surface area contributed by atoms with Gasteiger partial charge in [0.25, 0.3) is 11.6 Å². The highest BCUT2D eigenvalue weighted by atomic mass is 35.5. The number of benzene rings is 2. The molecule has 0 aromatic heterocycles. The standard InChI is InChI=1S/C18H17ClN2O5/c1-11-7-8-13(9-16(11)21(24)25)18(23)26-10-17(22)20-12(2)14-5-3-4-6-15(14)19/h3-9,12H,10H2,1-2H3,(H,20,22)/t12-/m0/s1. The summed E-state index contributed by atoms with van der Waals surface area (Å²) in [7, 11) is 0. The summed E-state index contributed by atoms with van der Waals surface area (Å²) in [6.07, 6.45) is 0. The van der Waals surface area contributed by atoms with Gasteiger partial charge in [-0.05, 0) is 31.5 Å². The minimum atomic E-state index is -0.811. The van der Waals surface area contributed by atoms with Gasteiger partial charge in [0.05, 0.1) is 16.5 Å². The van der Waals surface area contributed by atoms with Crippen LogP contribution in [-0.4, -0.2) is 23.4 Å². The molecule has 0 aliphatic carbocycles. The van der Waals surface area contributed by atoms with Crippen LogP contribution in [0.1, 0.15) is 34.5 Å². The highest BCUT2D eigenvalue weighted by Gasteiger charge is 2.18. The van der Waals surface area contributed by atoms with Crippen molar-refractivity contribution in [3.05, 3.63) is 74.3 Å². The lowest BCUT2D eigenvalue weighted by molar-refractivity contribution is -0.385. The number of ether oxygens (including phenoxy) is 1. The van der Waals surface area contributed by atoms with E-state index in [0.29, 0.717) is 10.6 Å². The number of carbonyl (C=O) groups excluding carboxylic acids is 2. The van der Waals surface area contributed by atoms with Crippen molar-refractivity contribution in [2.24, 2.45) is 0 Å². The average Bonchev–Trinajstić information content (AvgIpc) is 2.60. The van der Waals surface area contributed by atoms with E-state index in [2.05, 4.69) is 5.32 Å². The highest BCUT2D eigenvalue weighted by molar-refractivity contribution is 6.31. The Balaban J connectivity index is 1.95. The lowest BCUT2D eigenvalue weighted by atomic mass is 10.1. The molecule has 0 bridgehead atoms. The van der Waals surface area contributed by atoms with Gasteiger partial charge in [0.15, 0.2) is 6.61 Å². The fraction of sp³-hybridized carbons (Fsp3) is 0.222. The van der Waals surface area contributed by atoms with E-state index >= 15 is 0 Å². The monoisotopic (exact) mass is 376 g/mol. The number of halogens is 1. The maximum absolute atomic E-state index is 12.0. The molecular formula is C18H17ClN2O5. The van der Waals surface area contributed by atoms with E-state index in [1.807, 2.05) is 0 Å². The van der Waals surface area contributed by atoms with Crippen molar-refractivity contribution >= 4 is 29.2 Å². The van der Waals surface area contributed by atoms with E-state index in [9.17, 15) is 19.7 Å². The molecule has 0 aliphatic heterocycles. The van der Waals surface area contributed by atoms with Crippen molar-refractivity contribution in [2.75, 3.05) is 6.61 Å². The largest absolute Gasteiger partial charge is 0.452 e. The van der Waals surface area contributed by atoms with Crippen molar-refractivity contribution in [3.8, 4) is 0 Å². The smallest absolute Gasteiger partial charge is 0.338 e. The fourth-order valence-electron chi connectivity index (χ4n) is 2.33. The van der Waals surface area contributed by atoms with Crippen LogP contribution in [0.4, 0.5) is 5.69 Å². The van der Waals surface area contributed by atoms with Crippen molar-refractivity contribution in [2.45, 2.75) is 19.9 Å². The number of hydrogen-bond donors (Lipinski definition) is 1. The maximum atomic E-state index is 12.0. The molecule has 0 heterocycles. The van der Waals surface area contributed by atoms with Gasteiger partial charge in [0.2, 0.25) is 0 Å². The molecule has 1 atom stereocenters. The molecule has 2 aromatic rings. The lowest BCUT2D eigenvalue weighted by Gasteiger charge is -2.15. The van der Waals surface area contributed by atoms with Crippen LogP contribution in [-0.2, 0) is 9.53 Å². The summed E-state index contributed by atoms with van der Waals surface area (Å²) in [6, 6.07) is 10.7. The molecule has 0 saturated carbocycles. The molecule has 8 heteroatoms. The summed E-state index contributed by atoms with van der Waals surface area (Å²) in [5, 5.41) is 14.1. The summed E-state index contributed by atoms with van der Waals surface area (Å²) in [5.74, 6) is -1.32. The Morgan fingerprint density at radius 1 is 1.27 bits per heavy atom. The second kappa shape index (κ2) is 8.44. The first-order valence-corrected chi connectivity index (χ1v) is 8.13. The molecule has 1 amide bonds. The molecule has 136 valence electrons. The minimum Gasteiger partial charge on any atom is -0.452 e. The number of nitrogens with one attached hydrogen (secondary N) is 1. The van der Waals surface area contributed by atoms with E-state index in [4.69, 9.17) is 16.3 Å². The molecule has 2 aromatic carbocycles. The van der Waals surface area contributed by atoms with Crippen LogP contribution in [0.3, 0.4) is 0 Å². The number of aryl methyl sites for hydroxylation is 1. The zero-order chi connectivity index (χ0) is 19.3. The Labute approximate surface area is 155 Å². The normalized spacial score (nSPS) is 11.5. The van der Waals surface area contributed by atoms with Gasteiger partial charge >= 0.3 is 5.97 Å². The Morgan fingerprint density at radius 3 is 2.62 bits per heavy atom. The fourth-order valence-corrected chi connectivity index (χ4v) is 2.63. The number of carbonyl (C=O) groups is 2. The van der Waals surface area contributed by atoms with Crippen molar-refractivity contribution in [1.29, 1.82) is 0 Å². The second-order valence-corrected chi connectivity index (χ2v) is 6.05. The van der Waals surface area contributed by atoms with Crippen LogP contribution in [0.5, 0.6) is 0 Å². The quantitative estimate of drug-likeness (QED) is 0.472. The number of esters is 1. The summed E-state index contributed by atoms with van der Waals surface area (Å²) < 4.78 is 4.92. The molecule has 0 radical (unpaired) electrons. The highest BCUT2D eigenvalue weighted by Crippen LogP contribution is 2.22. The van der Waals surface area contributed by atoms with E-state index in [0.717, 1.165) is 11.6 Å². The summed E-state index contributed by atoms with van der Waals surface area (Å²) >= 11 is 6.07. The lowest BCUT2D eigenvalue weighted by Crippen LogP contribution is -2.31. The predicted molar refractivity (Wildman–Crippen MR) is 96.1 cm³/mol. The summed E-state index contributed by atoms with van der Waals surface area (Å²) in [5.41, 5.74) is 0.992. The Bertz CT molecular complexity index is 853. The number of rotatable bonds is 6.